The summed E-state index contributed by atoms with van der Waals surface area (Å²) in [6.45, 7) is 9.73. The Hall–Kier alpha value is -2.86. The Bertz CT molecular complexity index is 1290. The molecule has 0 radical (unpaired) electrons. The molecule has 5 N–H and O–H groups in total. The quantitative estimate of drug-likeness (QED) is 0.206. The highest BCUT2D eigenvalue weighted by atomic mass is 32.2. The van der Waals surface area contributed by atoms with Crippen molar-refractivity contribution in [3.63, 3.8) is 0 Å². The number of benzene rings is 2. The number of carbonyl (C=O) groups is 1. The minimum atomic E-state index is -4.00. The first kappa shape index (κ1) is 32.7. The molecule has 228 valence electrons. The van der Waals surface area contributed by atoms with Gasteiger partial charge in [-0.3, -0.25) is 5.32 Å². The van der Waals surface area contributed by atoms with Gasteiger partial charge in [0.05, 0.1) is 17.0 Å². The number of sulfone groups is 1. The Balaban J connectivity index is 1.86. The highest BCUT2D eigenvalue weighted by Crippen LogP contribution is 2.38. The Labute approximate surface area is 243 Å². The summed E-state index contributed by atoms with van der Waals surface area (Å²) >= 11 is 0. The minimum Gasteiger partial charge on any atom is -0.465 e. The summed E-state index contributed by atoms with van der Waals surface area (Å²) in [6, 6.07) is 11.3. The van der Waals surface area contributed by atoms with Crippen LogP contribution in [0.15, 0.2) is 47.4 Å². The van der Waals surface area contributed by atoms with Crippen LogP contribution in [0.1, 0.15) is 65.0 Å². The van der Waals surface area contributed by atoms with Crippen LogP contribution in [0.3, 0.4) is 0 Å². The van der Waals surface area contributed by atoms with Gasteiger partial charge in [0.25, 0.3) is 0 Å². The molecule has 0 spiro atoms. The van der Waals surface area contributed by atoms with Gasteiger partial charge in [0.1, 0.15) is 5.37 Å². The summed E-state index contributed by atoms with van der Waals surface area (Å²) in [7, 11) is -4.00. The molecular weight excluding hydrogens is 548 g/mol. The van der Waals surface area contributed by atoms with Gasteiger partial charge in [-0.15, -0.1) is 0 Å². The number of hydrogen-bond acceptors (Lipinski definition) is 8. The maximum atomic E-state index is 14.0. The third-order valence-electron chi connectivity index (χ3n) is 7.46. The van der Waals surface area contributed by atoms with Crippen molar-refractivity contribution < 1.29 is 38.0 Å². The van der Waals surface area contributed by atoms with E-state index >= 15 is 0 Å². The molecular formula is C30H44N2O8S. The lowest BCUT2D eigenvalue weighted by atomic mass is 9.85. The van der Waals surface area contributed by atoms with Crippen molar-refractivity contribution in [1.82, 2.24) is 10.6 Å². The molecule has 1 aliphatic heterocycles. The second-order valence-electron chi connectivity index (χ2n) is 12.3. The first-order valence-corrected chi connectivity index (χ1v) is 15.4. The van der Waals surface area contributed by atoms with Gasteiger partial charge in [0, 0.05) is 19.2 Å². The number of ether oxygens (including phenoxy) is 2. The number of hydrogen-bond donors (Lipinski definition) is 5. The molecule has 0 bridgehead atoms. The molecule has 3 rings (SSSR count). The molecule has 10 nitrogen and oxygen atoms in total. The van der Waals surface area contributed by atoms with Crippen LogP contribution in [0.5, 0.6) is 11.5 Å². The normalized spacial score (nSPS) is 15.8. The molecule has 1 aliphatic rings. The van der Waals surface area contributed by atoms with Crippen LogP contribution < -0.4 is 20.1 Å². The Kier molecular flexibility index (Phi) is 10.7. The van der Waals surface area contributed by atoms with Gasteiger partial charge < -0.3 is 30.1 Å². The predicted molar refractivity (Wildman–Crippen MR) is 156 cm³/mol. The Morgan fingerprint density at radius 1 is 1.02 bits per heavy atom. The van der Waals surface area contributed by atoms with Gasteiger partial charge in [-0.25, -0.2) is 13.2 Å². The van der Waals surface area contributed by atoms with Gasteiger partial charge in [0.2, 0.25) is 6.79 Å². The fourth-order valence-electron chi connectivity index (χ4n) is 5.05. The summed E-state index contributed by atoms with van der Waals surface area (Å²) < 4.78 is 38.7. The summed E-state index contributed by atoms with van der Waals surface area (Å²) in [4.78, 5) is 11.7. The molecule has 0 saturated heterocycles. The monoisotopic (exact) mass is 592 g/mol. The van der Waals surface area contributed by atoms with E-state index in [-0.39, 0.29) is 36.7 Å². The van der Waals surface area contributed by atoms with E-state index in [1.807, 2.05) is 38.1 Å². The van der Waals surface area contributed by atoms with E-state index in [1.165, 1.54) is 12.1 Å². The van der Waals surface area contributed by atoms with E-state index in [1.54, 1.807) is 6.07 Å². The lowest BCUT2D eigenvalue weighted by Crippen LogP contribution is -2.54. The van der Waals surface area contributed by atoms with E-state index in [9.17, 15) is 28.5 Å². The fraction of sp³-hybridized carbons (Fsp3) is 0.567. The maximum absolute atomic E-state index is 14.0. The van der Waals surface area contributed by atoms with E-state index in [2.05, 4.69) is 31.4 Å². The first-order valence-electron chi connectivity index (χ1n) is 13.9. The van der Waals surface area contributed by atoms with E-state index in [4.69, 9.17) is 9.47 Å². The number of carboxylic acid groups (broad SMARTS) is 1. The van der Waals surface area contributed by atoms with Crippen LogP contribution in [0, 0.1) is 5.41 Å². The highest BCUT2D eigenvalue weighted by Gasteiger charge is 2.41. The molecule has 1 heterocycles. The van der Waals surface area contributed by atoms with E-state index < -0.39 is 38.9 Å². The lowest BCUT2D eigenvalue weighted by Gasteiger charge is -2.36. The molecule has 0 aromatic heterocycles. The number of aliphatic hydroxyl groups is 2. The van der Waals surface area contributed by atoms with Gasteiger partial charge >= 0.3 is 6.09 Å². The zero-order valence-electron chi connectivity index (χ0n) is 24.5. The number of aliphatic hydroxyl groups excluding tert-OH is 2. The second-order valence-corrected chi connectivity index (χ2v) is 14.3. The van der Waals surface area contributed by atoms with Crippen molar-refractivity contribution in [2.45, 2.75) is 88.1 Å². The van der Waals surface area contributed by atoms with Crippen LogP contribution in [0.2, 0.25) is 0 Å². The van der Waals surface area contributed by atoms with E-state index in [0.717, 1.165) is 11.1 Å². The van der Waals surface area contributed by atoms with Crippen LogP contribution in [0.4, 0.5) is 4.79 Å². The van der Waals surface area contributed by atoms with Gasteiger partial charge in [-0.2, -0.15) is 0 Å². The van der Waals surface area contributed by atoms with Crippen molar-refractivity contribution in [1.29, 1.82) is 0 Å². The second kappa shape index (κ2) is 13.4. The zero-order valence-corrected chi connectivity index (χ0v) is 25.3. The Morgan fingerprint density at radius 2 is 1.73 bits per heavy atom. The summed E-state index contributed by atoms with van der Waals surface area (Å²) in [5.41, 5.74) is 1.02. The molecule has 0 fully saturated rings. The third kappa shape index (κ3) is 8.57. The van der Waals surface area contributed by atoms with Crippen molar-refractivity contribution >= 4 is 15.9 Å². The largest absolute Gasteiger partial charge is 0.465 e. The topological polar surface area (TPSA) is 154 Å². The fourth-order valence-corrected chi connectivity index (χ4v) is 7.12. The average molecular weight is 593 g/mol. The molecule has 1 amide bonds. The standard InChI is InChI=1S/C30H44N2O8S/c1-29(2,3)21-10-8-9-20(15-21)16-23(32-28(35)36)24(34)18-31-27(30(4,5)13-6-7-14-33)41(37,38)22-11-12-25-26(17-22)40-19-39-25/h8-12,15,17,23-24,27,31-34H,6-7,13-14,16,18-19H2,1-5H3,(H,35,36)/t23-,24+,27?/m0/s1. The predicted octanol–water partition coefficient (Wildman–Crippen LogP) is 3.83. The number of nitrogens with one attached hydrogen (secondary N) is 2. The molecule has 0 aliphatic carbocycles. The molecule has 0 saturated carbocycles. The summed E-state index contributed by atoms with van der Waals surface area (Å²) in [5, 5.41) is 34.3. The SMILES string of the molecule is CC(C)(C)c1cccc(C[C@H](NC(=O)O)[C@H](O)CNC(C(C)(C)CCCCO)S(=O)(=O)c2ccc3c(c2)OCO3)c1. The third-order valence-corrected chi connectivity index (χ3v) is 9.79. The summed E-state index contributed by atoms with van der Waals surface area (Å²) in [5.74, 6) is 0.801. The van der Waals surface area contributed by atoms with Crippen LogP contribution in [-0.2, 0) is 21.7 Å². The van der Waals surface area contributed by atoms with Crippen molar-refractivity contribution in [2.24, 2.45) is 5.41 Å². The smallest absolute Gasteiger partial charge is 0.404 e. The zero-order chi connectivity index (χ0) is 30.4. The van der Waals surface area contributed by atoms with Crippen LogP contribution >= 0.6 is 0 Å². The first-order chi connectivity index (χ1) is 19.1. The molecule has 11 heteroatoms. The maximum Gasteiger partial charge on any atom is 0.404 e. The summed E-state index contributed by atoms with van der Waals surface area (Å²) in [6.07, 6.45) is -0.669. The van der Waals surface area contributed by atoms with Crippen molar-refractivity contribution in [3.8, 4) is 11.5 Å². The minimum absolute atomic E-state index is 0.000746. The molecule has 2 aromatic carbocycles. The average Bonchev–Trinajstić information content (AvgIpc) is 3.36. The van der Waals surface area contributed by atoms with Crippen molar-refractivity contribution in [2.75, 3.05) is 19.9 Å². The van der Waals surface area contributed by atoms with E-state index in [0.29, 0.717) is 30.8 Å². The lowest BCUT2D eigenvalue weighted by molar-refractivity contribution is 0.111. The highest BCUT2D eigenvalue weighted by molar-refractivity contribution is 7.92. The molecule has 41 heavy (non-hydrogen) atoms. The van der Waals surface area contributed by atoms with Crippen molar-refractivity contribution in [3.05, 3.63) is 53.6 Å². The van der Waals surface area contributed by atoms with Gasteiger partial charge in [-0.1, -0.05) is 65.3 Å². The van der Waals surface area contributed by atoms with Gasteiger partial charge in [-0.05, 0) is 53.4 Å². The Morgan fingerprint density at radius 3 is 2.39 bits per heavy atom. The number of fused-ring (bicyclic) bond motifs is 1. The van der Waals surface area contributed by atoms with Gasteiger partial charge in [0.15, 0.2) is 21.3 Å². The molecule has 2 aromatic rings. The molecule has 1 unspecified atom stereocenters. The number of unbranched alkanes of at least 4 members (excludes halogenated alkanes) is 1. The van der Waals surface area contributed by atoms with Crippen LogP contribution in [-0.4, -0.2) is 67.3 Å². The molecule has 3 atom stereocenters. The number of amides is 1. The number of rotatable bonds is 14. The van der Waals surface area contributed by atoms with Crippen LogP contribution in [0.25, 0.3) is 0 Å².